The zero-order chi connectivity index (χ0) is 10.5. The van der Waals surface area contributed by atoms with E-state index < -0.39 is 24.8 Å². The first-order chi connectivity index (χ1) is 5.81. The van der Waals surface area contributed by atoms with Crippen molar-refractivity contribution in [1.82, 2.24) is 16.2 Å². The Balaban J connectivity index is 3.58. The van der Waals surface area contributed by atoms with Gasteiger partial charge in [0.25, 0.3) is 0 Å². The largest absolute Gasteiger partial charge is 0.464 e. The average molecular weight is 201 g/mol. The lowest BCUT2D eigenvalue weighted by Gasteiger charge is -2.08. The fourth-order valence-electron chi connectivity index (χ4n) is 0.335. The minimum absolute atomic E-state index is 1.28. The van der Waals surface area contributed by atoms with Crippen LogP contribution < -0.4 is 16.2 Å². The molecule has 0 saturated carbocycles. The van der Waals surface area contributed by atoms with Crippen LogP contribution in [0.3, 0.4) is 0 Å². The molecule has 0 aromatic carbocycles. The summed E-state index contributed by atoms with van der Waals surface area (Å²) in [7, 11) is 0. The third-order valence-corrected chi connectivity index (χ3v) is 0.732. The second kappa shape index (κ2) is 4.38. The highest BCUT2D eigenvalue weighted by Gasteiger charge is 2.27. The molecule has 0 spiro atoms. The number of carboxylic acid groups (broad SMARTS) is 1. The van der Waals surface area contributed by atoms with Crippen molar-refractivity contribution in [3.05, 3.63) is 0 Å². The summed E-state index contributed by atoms with van der Waals surface area (Å²) in [6.45, 7) is -1.53. The molecule has 13 heavy (non-hydrogen) atoms. The van der Waals surface area contributed by atoms with E-state index in [-0.39, 0.29) is 0 Å². The van der Waals surface area contributed by atoms with E-state index in [9.17, 15) is 22.8 Å². The van der Waals surface area contributed by atoms with Gasteiger partial charge >= 0.3 is 18.3 Å². The van der Waals surface area contributed by atoms with Gasteiger partial charge in [0.15, 0.2) is 0 Å². The first kappa shape index (κ1) is 11.3. The molecule has 0 fully saturated rings. The van der Waals surface area contributed by atoms with Crippen LogP contribution in [0.25, 0.3) is 0 Å². The van der Waals surface area contributed by atoms with Gasteiger partial charge in [-0.15, -0.1) is 0 Å². The molecule has 0 radical (unpaired) electrons. The molecule has 76 valence electrons. The van der Waals surface area contributed by atoms with Crippen molar-refractivity contribution in [2.75, 3.05) is 6.54 Å². The van der Waals surface area contributed by atoms with E-state index in [1.54, 1.807) is 0 Å². The molecule has 0 saturated heterocycles. The van der Waals surface area contributed by atoms with Crippen LogP contribution in [0.5, 0.6) is 0 Å². The molecule has 3 amide bonds. The van der Waals surface area contributed by atoms with Gasteiger partial charge in [-0.25, -0.2) is 20.4 Å². The van der Waals surface area contributed by atoms with E-state index in [1.807, 2.05) is 0 Å². The summed E-state index contributed by atoms with van der Waals surface area (Å²) in [4.78, 5) is 20.1. The first-order valence-corrected chi connectivity index (χ1v) is 2.91. The van der Waals surface area contributed by atoms with Crippen LogP contribution in [0.2, 0.25) is 0 Å². The molecule has 0 aliphatic heterocycles. The Morgan fingerprint density at radius 2 is 1.77 bits per heavy atom. The predicted octanol–water partition coefficient (Wildman–Crippen LogP) is 0.0305. The molecule has 0 aliphatic carbocycles. The van der Waals surface area contributed by atoms with Crippen molar-refractivity contribution in [3.8, 4) is 0 Å². The maximum Gasteiger partial charge on any atom is 0.423 e. The number of nitrogens with one attached hydrogen (secondary N) is 3. The van der Waals surface area contributed by atoms with Gasteiger partial charge in [0.2, 0.25) is 0 Å². The highest BCUT2D eigenvalue weighted by Crippen LogP contribution is 2.11. The number of rotatable bonds is 1. The topological polar surface area (TPSA) is 90.5 Å². The Kier molecular flexibility index (Phi) is 3.82. The van der Waals surface area contributed by atoms with Crippen molar-refractivity contribution >= 4 is 12.1 Å². The van der Waals surface area contributed by atoms with Gasteiger partial charge in [0.1, 0.15) is 6.54 Å². The number of hydrogen-bond acceptors (Lipinski definition) is 2. The Labute approximate surface area is 70.1 Å². The Morgan fingerprint density at radius 3 is 2.15 bits per heavy atom. The van der Waals surface area contributed by atoms with Crippen LogP contribution in [0, 0.1) is 0 Å². The van der Waals surface area contributed by atoms with Gasteiger partial charge in [0, 0.05) is 0 Å². The van der Waals surface area contributed by atoms with E-state index >= 15 is 0 Å². The van der Waals surface area contributed by atoms with E-state index in [2.05, 4.69) is 0 Å². The van der Waals surface area contributed by atoms with Crippen molar-refractivity contribution in [2.24, 2.45) is 0 Å². The molecule has 0 aromatic rings. The summed E-state index contributed by atoms with van der Waals surface area (Å²) >= 11 is 0. The fourth-order valence-corrected chi connectivity index (χ4v) is 0.335. The minimum Gasteiger partial charge on any atom is -0.464 e. The van der Waals surface area contributed by atoms with Crippen LogP contribution in [0.4, 0.5) is 22.8 Å². The standard InChI is InChI=1S/C4H6F3N3O3/c5-4(6,7)1-8-2(11)9-10-3(12)13/h10H,1H2,(H,12,13)(H2,8,9,11). The van der Waals surface area contributed by atoms with Crippen LogP contribution in [-0.2, 0) is 0 Å². The highest BCUT2D eigenvalue weighted by atomic mass is 19.4. The third kappa shape index (κ3) is 8.23. The van der Waals surface area contributed by atoms with Crippen molar-refractivity contribution in [2.45, 2.75) is 6.18 Å². The molecule has 0 atom stereocenters. The Morgan fingerprint density at radius 1 is 1.23 bits per heavy atom. The second-order valence-electron chi connectivity index (χ2n) is 1.85. The lowest BCUT2D eigenvalue weighted by atomic mass is 10.6. The van der Waals surface area contributed by atoms with E-state index in [4.69, 9.17) is 5.11 Å². The van der Waals surface area contributed by atoms with Crippen molar-refractivity contribution in [3.63, 3.8) is 0 Å². The lowest BCUT2D eigenvalue weighted by molar-refractivity contribution is -0.122. The third-order valence-electron chi connectivity index (χ3n) is 0.732. The Hall–Kier alpha value is -1.67. The SMILES string of the molecule is O=C(O)NNC(=O)NCC(F)(F)F. The highest BCUT2D eigenvalue weighted by molar-refractivity contribution is 5.76. The van der Waals surface area contributed by atoms with Crippen molar-refractivity contribution in [1.29, 1.82) is 0 Å². The van der Waals surface area contributed by atoms with Crippen LogP contribution in [-0.4, -0.2) is 30.0 Å². The van der Waals surface area contributed by atoms with Gasteiger partial charge in [-0.1, -0.05) is 0 Å². The number of amides is 3. The normalized spacial score (nSPS) is 10.4. The molecule has 0 unspecified atom stereocenters. The van der Waals surface area contributed by atoms with Gasteiger partial charge < -0.3 is 10.4 Å². The zero-order valence-electron chi connectivity index (χ0n) is 6.10. The maximum absolute atomic E-state index is 11.4. The molecule has 0 bridgehead atoms. The van der Waals surface area contributed by atoms with Gasteiger partial charge in [-0.3, -0.25) is 0 Å². The second-order valence-corrected chi connectivity index (χ2v) is 1.85. The van der Waals surface area contributed by atoms with Gasteiger partial charge in [-0.2, -0.15) is 13.2 Å². The number of hydrogen-bond donors (Lipinski definition) is 4. The molecular formula is C4H6F3N3O3. The lowest BCUT2D eigenvalue weighted by Crippen LogP contribution is -2.48. The molecule has 0 heterocycles. The van der Waals surface area contributed by atoms with Gasteiger partial charge in [-0.05, 0) is 0 Å². The van der Waals surface area contributed by atoms with E-state index in [0.717, 1.165) is 0 Å². The molecule has 4 N–H and O–H groups in total. The summed E-state index contributed by atoms with van der Waals surface area (Å²) in [5.41, 5.74) is 2.82. The van der Waals surface area contributed by atoms with Crippen LogP contribution in [0.15, 0.2) is 0 Å². The number of carbonyl (C=O) groups is 2. The Bertz CT molecular complexity index is 205. The van der Waals surface area contributed by atoms with Crippen molar-refractivity contribution < 1.29 is 27.9 Å². The maximum atomic E-state index is 11.4. The van der Waals surface area contributed by atoms with E-state index in [1.165, 1.54) is 16.2 Å². The zero-order valence-corrected chi connectivity index (χ0v) is 6.10. The predicted molar refractivity (Wildman–Crippen MR) is 33.7 cm³/mol. The van der Waals surface area contributed by atoms with Crippen LogP contribution >= 0.6 is 0 Å². The molecular weight excluding hydrogens is 195 g/mol. The number of urea groups is 1. The molecule has 0 aliphatic rings. The summed E-state index contributed by atoms with van der Waals surface area (Å²) in [6.07, 6.45) is -6.11. The molecule has 0 rings (SSSR count). The summed E-state index contributed by atoms with van der Waals surface area (Å²) in [5, 5.41) is 9.29. The van der Waals surface area contributed by atoms with Gasteiger partial charge in [0.05, 0.1) is 0 Å². The molecule has 9 heteroatoms. The first-order valence-electron chi connectivity index (χ1n) is 2.91. The summed E-state index contributed by atoms with van der Waals surface area (Å²) in [6, 6.07) is -1.28. The number of hydrazine groups is 1. The smallest absolute Gasteiger partial charge is 0.423 e. The minimum atomic E-state index is -4.53. The summed E-state index contributed by atoms with van der Waals surface area (Å²) < 4.78 is 34.3. The number of alkyl halides is 3. The number of carbonyl (C=O) groups excluding carboxylic acids is 1. The summed E-state index contributed by atoms with van der Waals surface area (Å²) in [5.74, 6) is 0. The monoisotopic (exact) mass is 201 g/mol. The quantitative estimate of drug-likeness (QED) is 0.451. The van der Waals surface area contributed by atoms with E-state index in [0.29, 0.717) is 0 Å². The molecule has 6 nitrogen and oxygen atoms in total. The number of halogens is 3. The average Bonchev–Trinajstić information content (AvgIpc) is 1.95. The molecule has 0 aromatic heterocycles. The van der Waals surface area contributed by atoms with Crippen LogP contribution in [0.1, 0.15) is 0 Å². The fraction of sp³-hybridized carbons (Fsp3) is 0.500.